The van der Waals surface area contributed by atoms with Gasteiger partial charge in [0.25, 0.3) is 0 Å². The number of aliphatic hydroxyl groups is 2. The smallest absolute Gasteiger partial charge is 0.330 e. The molecule has 0 aliphatic carbocycles. The highest BCUT2D eigenvalue weighted by Gasteiger charge is 2.43. The van der Waals surface area contributed by atoms with Crippen LogP contribution in [0.5, 0.6) is 0 Å². The molecule has 14 nitrogen and oxygen atoms in total. The Morgan fingerprint density at radius 1 is 0.561 bits per heavy atom. The second kappa shape index (κ2) is 29.2. The van der Waals surface area contributed by atoms with Crippen LogP contribution in [0.2, 0.25) is 62.5 Å². The van der Waals surface area contributed by atoms with Gasteiger partial charge in [-0.25, -0.2) is 9.59 Å². The molecule has 0 saturated carbocycles. The van der Waals surface area contributed by atoms with Crippen molar-refractivity contribution >= 4 is 45.7 Å². The zero-order valence-corrected chi connectivity index (χ0v) is 39.6. The molecule has 2 heterocycles. The maximum atomic E-state index is 11.2. The van der Waals surface area contributed by atoms with E-state index in [-0.39, 0.29) is 26.4 Å². The van der Waals surface area contributed by atoms with E-state index in [4.69, 9.17) is 45.5 Å². The predicted octanol–water partition coefficient (Wildman–Crippen LogP) is 6.13. The molecule has 0 aromatic carbocycles. The molecule has 2 aliphatic heterocycles. The molecule has 0 aromatic heterocycles. The SMILES string of the molecule is C=CC(=O)OCC(O)COCCC[Si]1(C)CCCCO[Si](C)(CCCOCCCOCCC[Si]2(C)CCCCO[Si](C)(CCCOCC(O)COC(=O)C=C)O2)O1. The molecule has 18 heteroatoms. The van der Waals surface area contributed by atoms with Gasteiger partial charge < -0.3 is 55.7 Å². The summed E-state index contributed by atoms with van der Waals surface area (Å²) in [6, 6.07) is 6.02. The first-order valence-electron chi connectivity index (χ1n) is 21.2. The number of esters is 2. The van der Waals surface area contributed by atoms with Crippen LogP contribution in [0.15, 0.2) is 25.3 Å². The molecule has 0 radical (unpaired) electrons. The molecule has 332 valence electrons. The van der Waals surface area contributed by atoms with Gasteiger partial charge in [-0.1, -0.05) is 26.0 Å². The molecule has 2 saturated heterocycles. The van der Waals surface area contributed by atoms with E-state index in [1.54, 1.807) is 0 Å². The van der Waals surface area contributed by atoms with Gasteiger partial charge in [-0.3, -0.25) is 0 Å². The molecular formula is C39H76O14Si4. The Kier molecular flexibility index (Phi) is 26.6. The summed E-state index contributed by atoms with van der Waals surface area (Å²) >= 11 is 0. The van der Waals surface area contributed by atoms with Crippen LogP contribution in [0.1, 0.15) is 57.8 Å². The van der Waals surface area contributed by atoms with E-state index in [0.29, 0.717) is 39.6 Å². The van der Waals surface area contributed by atoms with Gasteiger partial charge in [0, 0.05) is 65.0 Å². The third kappa shape index (κ3) is 24.7. The first kappa shape index (κ1) is 52.0. The van der Waals surface area contributed by atoms with E-state index in [1.165, 1.54) is 0 Å². The lowest BCUT2D eigenvalue weighted by Crippen LogP contribution is -2.51. The quantitative estimate of drug-likeness (QED) is 0.0366. The summed E-state index contributed by atoms with van der Waals surface area (Å²) in [7, 11) is -8.65. The zero-order valence-electron chi connectivity index (χ0n) is 35.6. The monoisotopic (exact) mass is 880 g/mol. The molecular weight excluding hydrogens is 805 g/mol. The fourth-order valence-corrected chi connectivity index (χ4v) is 25.7. The predicted molar refractivity (Wildman–Crippen MR) is 229 cm³/mol. The fraction of sp³-hybridized carbons (Fsp3) is 0.846. The molecule has 0 amide bonds. The molecule has 2 N–H and O–H groups in total. The van der Waals surface area contributed by atoms with E-state index in [1.807, 2.05) is 0 Å². The van der Waals surface area contributed by atoms with Crippen LogP contribution < -0.4 is 0 Å². The Labute approximate surface area is 347 Å². The van der Waals surface area contributed by atoms with Crippen LogP contribution >= 0.6 is 0 Å². The molecule has 57 heavy (non-hydrogen) atoms. The number of ether oxygens (including phenoxy) is 6. The highest BCUT2D eigenvalue weighted by Crippen LogP contribution is 2.33. The van der Waals surface area contributed by atoms with Gasteiger partial charge in [0.1, 0.15) is 25.4 Å². The van der Waals surface area contributed by atoms with E-state index in [2.05, 4.69) is 39.3 Å². The Balaban J connectivity index is 1.59. The van der Waals surface area contributed by atoms with Crippen molar-refractivity contribution in [3.63, 3.8) is 0 Å². The van der Waals surface area contributed by atoms with Crippen molar-refractivity contribution in [2.24, 2.45) is 0 Å². The third-order valence-corrected chi connectivity index (χ3v) is 27.3. The summed E-state index contributed by atoms with van der Waals surface area (Å²) in [6.45, 7) is 21.0. The van der Waals surface area contributed by atoms with Gasteiger partial charge in [0.05, 0.1) is 13.2 Å². The van der Waals surface area contributed by atoms with Crippen LogP contribution in [0.3, 0.4) is 0 Å². The van der Waals surface area contributed by atoms with E-state index in [0.717, 1.165) is 119 Å². The number of carbonyl (C=O) groups excluding carboxylic acids is 2. The molecule has 2 rings (SSSR count). The first-order valence-corrected chi connectivity index (χ1v) is 31.9. The van der Waals surface area contributed by atoms with E-state index in [9.17, 15) is 19.8 Å². The van der Waals surface area contributed by atoms with Crippen molar-refractivity contribution in [2.45, 2.75) is 132 Å². The van der Waals surface area contributed by atoms with Crippen molar-refractivity contribution in [3.05, 3.63) is 25.3 Å². The number of hydrogen-bond acceptors (Lipinski definition) is 14. The normalized spacial score (nSPS) is 26.9. The summed E-state index contributed by atoms with van der Waals surface area (Å²) in [5.41, 5.74) is 0. The minimum Gasteiger partial charge on any atom is -0.460 e. The van der Waals surface area contributed by atoms with Gasteiger partial charge >= 0.3 is 29.1 Å². The van der Waals surface area contributed by atoms with Crippen molar-refractivity contribution < 1.29 is 65.3 Å². The van der Waals surface area contributed by atoms with Gasteiger partial charge in [-0.15, -0.1) is 0 Å². The molecule has 6 atom stereocenters. The van der Waals surface area contributed by atoms with Gasteiger partial charge in [0.2, 0.25) is 0 Å². The number of rotatable bonds is 30. The van der Waals surface area contributed by atoms with E-state index >= 15 is 0 Å². The summed E-state index contributed by atoms with van der Waals surface area (Å²) in [5.74, 6) is -1.12. The Hall–Kier alpha value is -1.11. The Bertz CT molecular complexity index is 1060. The van der Waals surface area contributed by atoms with Crippen molar-refractivity contribution in [3.8, 4) is 0 Å². The first-order chi connectivity index (χ1) is 27.2. The molecule has 2 aliphatic rings. The van der Waals surface area contributed by atoms with Crippen LogP contribution in [-0.2, 0) is 55.1 Å². The van der Waals surface area contributed by atoms with Crippen molar-refractivity contribution in [2.75, 3.05) is 79.3 Å². The number of aliphatic hydroxyl groups excluding tert-OH is 2. The summed E-state index contributed by atoms with van der Waals surface area (Å²) < 4.78 is 59.7. The average Bonchev–Trinajstić information content (AvgIpc) is 3.16. The van der Waals surface area contributed by atoms with Crippen LogP contribution in [0, 0.1) is 0 Å². The van der Waals surface area contributed by atoms with Crippen molar-refractivity contribution in [1.82, 2.24) is 0 Å². The minimum atomic E-state index is -2.36. The third-order valence-electron chi connectivity index (χ3n) is 10.1. The zero-order chi connectivity index (χ0) is 41.9. The highest BCUT2D eigenvalue weighted by molar-refractivity contribution is 6.84. The Morgan fingerprint density at radius 2 is 0.930 bits per heavy atom. The highest BCUT2D eigenvalue weighted by atomic mass is 28.4. The standard InChI is InChI=1S/C39H76O14Si4/c1-7-38(42)48-34-36(40)32-46-22-15-29-55(4)27-12-10-24-50-56(5,53-55)30-16-21-45-19-13-18-44-20-14-28-54(3)26-11-9-25-51-57(6,52-54)31-17-23-47-33-37(41)35-49-39(43)8-2/h7-8,36-37,40-41H,1-2,9-35H2,3-6H3. The average molecular weight is 881 g/mol. The number of carbonyl (C=O) groups is 2. The molecule has 0 aromatic rings. The summed E-state index contributed by atoms with van der Waals surface area (Å²) in [6.07, 6.45) is 9.16. The second-order valence-corrected chi connectivity index (χ2v) is 31.6. The number of hydrogen-bond donors (Lipinski definition) is 2. The second-order valence-electron chi connectivity index (χ2n) is 16.1. The molecule has 0 spiro atoms. The maximum absolute atomic E-state index is 11.2. The Morgan fingerprint density at radius 3 is 1.33 bits per heavy atom. The lowest BCUT2D eigenvalue weighted by molar-refractivity contribution is -0.142. The fourth-order valence-electron chi connectivity index (χ4n) is 7.14. The van der Waals surface area contributed by atoms with Gasteiger partial charge in [-0.2, -0.15) is 0 Å². The van der Waals surface area contributed by atoms with Crippen LogP contribution in [0.25, 0.3) is 0 Å². The topological polar surface area (TPSA) is 167 Å². The van der Waals surface area contributed by atoms with Gasteiger partial charge in [0.15, 0.2) is 16.6 Å². The largest absolute Gasteiger partial charge is 0.460 e. The van der Waals surface area contributed by atoms with Crippen molar-refractivity contribution in [1.29, 1.82) is 0 Å². The lowest BCUT2D eigenvalue weighted by Gasteiger charge is -2.40. The van der Waals surface area contributed by atoms with E-state index < -0.39 is 57.9 Å². The minimum absolute atomic E-state index is 0.103. The van der Waals surface area contributed by atoms with Crippen LogP contribution in [0.4, 0.5) is 0 Å². The molecule has 0 bridgehead atoms. The van der Waals surface area contributed by atoms with Crippen LogP contribution in [-0.4, -0.2) is 147 Å². The lowest BCUT2D eigenvalue weighted by atomic mass is 10.4. The maximum Gasteiger partial charge on any atom is 0.330 e. The summed E-state index contributed by atoms with van der Waals surface area (Å²) in [5, 5.41) is 19.9. The van der Waals surface area contributed by atoms with Gasteiger partial charge in [-0.05, 0) is 107 Å². The summed E-state index contributed by atoms with van der Waals surface area (Å²) in [4.78, 5) is 22.3. The molecule has 2 fully saturated rings. The molecule has 6 unspecified atom stereocenters.